The van der Waals surface area contributed by atoms with Crippen LogP contribution in [0.3, 0.4) is 0 Å². The molecule has 0 N–H and O–H groups in total. The van der Waals surface area contributed by atoms with E-state index in [1.165, 1.54) is 6.92 Å². The zero-order valence-corrected chi connectivity index (χ0v) is 10.1. The van der Waals surface area contributed by atoms with Crippen molar-refractivity contribution in [1.29, 1.82) is 0 Å². The Labute approximate surface area is 95.0 Å². The maximum absolute atomic E-state index is 10.8. The molecule has 1 aromatic rings. The van der Waals surface area contributed by atoms with Crippen molar-refractivity contribution < 1.29 is 9.53 Å². The van der Waals surface area contributed by atoms with Crippen LogP contribution in [0.1, 0.15) is 25.3 Å². The van der Waals surface area contributed by atoms with Gasteiger partial charge in [0.1, 0.15) is 5.75 Å². The molecule has 0 amide bonds. The van der Waals surface area contributed by atoms with E-state index in [0.29, 0.717) is 5.75 Å². The van der Waals surface area contributed by atoms with Crippen LogP contribution in [0.2, 0.25) is 0 Å². The Morgan fingerprint density at radius 1 is 1.47 bits per heavy atom. The maximum Gasteiger partial charge on any atom is 0.308 e. The lowest BCUT2D eigenvalue weighted by Crippen LogP contribution is -2.02. The summed E-state index contributed by atoms with van der Waals surface area (Å²) in [4.78, 5) is 11.9. The highest BCUT2D eigenvalue weighted by molar-refractivity contribution is 7.98. The van der Waals surface area contributed by atoms with Gasteiger partial charge in [0.2, 0.25) is 0 Å². The van der Waals surface area contributed by atoms with Crippen LogP contribution in [-0.4, -0.2) is 12.2 Å². The van der Waals surface area contributed by atoms with E-state index in [1.54, 1.807) is 11.8 Å². The van der Waals surface area contributed by atoms with Crippen LogP contribution in [-0.2, 0) is 4.79 Å². The van der Waals surface area contributed by atoms with E-state index < -0.39 is 0 Å². The Bertz CT molecular complexity index is 359. The van der Waals surface area contributed by atoms with Gasteiger partial charge < -0.3 is 4.74 Å². The Morgan fingerprint density at radius 2 is 2.13 bits per heavy atom. The van der Waals surface area contributed by atoms with E-state index >= 15 is 0 Å². The highest BCUT2D eigenvalue weighted by Crippen LogP contribution is 2.27. The fourth-order valence-corrected chi connectivity index (χ4v) is 1.71. The number of thioether (sulfide) groups is 1. The quantitative estimate of drug-likeness (QED) is 0.447. The number of benzene rings is 1. The zero-order valence-electron chi connectivity index (χ0n) is 9.24. The molecular formula is C12H15O2S. The fourth-order valence-electron chi connectivity index (χ4n) is 1.22. The van der Waals surface area contributed by atoms with E-state index in [9.17, 15) is 4.79 Å². The molecule has 0 heterocycles. The average Bonchev–Trinajstić information content (AvgIpc) is 2.16. The number of carbonyl (C=O) groups is 1. The van der Waals surface area contributed by atoms with Gasteiger partial charge in [0.25, 0.3) is 0 Å². The molecule has 3 heteroatoms. The van der Waals surface area contributed by atoms with Gasteiger partial charge in [0, 0.05) is 11.8 Å². The van der Waals surface area contributed by atoms with Gasteiger partial charge in [-0.3, -0.25) is 4.79 Å². The molecule has 0 bridgehead atoms. The molecule has 81 valence electrons. The fraction of sp³-hybridized carbons (Fsp3) is 0.333. The smallest absolute Gasteiger partial charge is 0.308 e. The first kappa shape index (κ1) is 12.1. The maximum atomic E-state index is 10.8. The second-order valence-corrected chi connectivity index (χ2v) is 4.32. The number of esters is 1. The standard InChI is InChI=1S/C12H15O2S/c1-8(2)10-5-11(14-9(3)13)7-12(6-10)15-4/h5-8H,1H2,2-4H3. The molecule has 1 radical (unpaired) electrons. The first-order valence-corrected chi connectivity index (χ1v) is 5.96. The van der Waals surface area contributed by atoms with E-state index in [-0.39, 0.29) is 11.9 Å². The van der Waals surface area contributed by atoms with Gasteiger partial charge in [-0.2, -0.15) is 0 Å². The van der Waals surface area contributed by atoms with E-state index in [2.05, 4.69) is 13.0 Å². The average molecular weight is 223 g/mol. The second kappa shape index (κ2) is 5.21. The Hall–Kier alpha value is -0.960. The molecule has 15 heavy (non-hydrogen) atoms. The Kier molecular flexibility index (Phi) is 4.21. The first-order chi connectivity index (χ1) is 7.02. The molecule has 1 unspecified atom stereocenters. The first-order valence-electron chi connectivity index (χ1n) is 4.73. The van der Waals surface area contributed by atoms with Gasteiger partial charge in [-0.05, 0) is 42.9 Å². The van der Waals surface area contributed by atoms with Gasteiger partial charge >= 0.3 is 5.97 Å². The minimum Gasteiger partial charge on any atom is -0.427 e. The summed E-state index contributed by atoms with van der Waals surface area (Å²) in [6.07, 6.45) is 1.99. The van der Waals surface area contributed by atoms with Crippen LogP contribution in [0.25, 0.3) is 0 Å². The van der Waals surface area contributed by atoms with Crippen molar-refractivity contribution in [2.24, 2.45) is 0 Å². The summed E-state index contributed by atoms with van der Waals surface area (Å²) in [6.45, 7) is 7.37. The van der Waals surface area contributed by atoms with Crippen LogP contribution >= 0.6 is 11.8 Å². The largest absolute Gasteiger partial charge is 0.427 e. The number of carbonyl (C=O) groups excluding carboxylic acids is 1. The Balaban J connectivity index is 3.05. The van der Waals surface area contributed by atoms with Crippen molar-refractivity contribution in [2.45, 2.75) is 24.7 Å². The molecule has 2 nitrogen and oxygen atoms in total. The Morgan fingerprint density at radius 3 is 2.60 bits per heavy atom. The van der Waals surface area contributed by atoms with Crippen LogP contribution < -0.4 is 4.74 Å². The minimum absolute atomic E-state index is 0.186. The molecule has 1 aromatic carbocycles. The van der Waals surface area contributed by atoms with Crippen LogP contribution in [0.5, 0.6) is 5.75 Å². The van der Waals surface area contributed by atoms with Crippen molar-refractivity contribution in [1.82, 2.24) is 0 Å². The summed E-state index contributed by atoms with van der Waals surface area (Å²) < 4.78 is 5.07. The van der Waals surface area contributed by atoms with E-state index in [1.807, 2.05) is 25.3 Å². The monoisotopic (exact) mass is 223 g/mol. The van der Waals surface area contributed by atoms with Gasteiger partial charge in [-0.15, -0.1) is 11.8 Å². The normalized spacial score (nSPS) is 10.5. The van der Waals surface area contributed by atoms with Crippen molar-refractivity contribution in [3.05, 3.63) is 30.7 Å². The third-order valence-electron chi connectivity index (χ3n) is 1.97. The van der Waals surface area contributed by atoms with Crippen LogP contribution in [0.15, 0.2) is 23.1 Å². The van der Waals surface area contributed by atoms with Gasteiger partial charge in [0.05, 0.1) is 0 Å². The predicted octanol–water partition coefficient (Wildman–Crippen LogP) is 3.27. The number of hydrogen-bond acceptors (Lipinski definition) is 3. The minimum atomic E-state index is -0.295. The van der Waals surface area contributed by atoms with Crippen molar-refractivity contribution >= 4 is 17.7 Å². The van der Waals surface area contributed by atoms with Gasteiger partial charge in [-0.1, -0.05) is 6.92 Å². The lowest BCUT2D eigenvalue weighted by Gasteiger charge is -2.10. The van der Waals surface area contributed by atoms with Crippen LogP contribution in [0, 0.1) is 6.92 Å². The molecule has 0 saturated heterocycles. The van der Waals surface area contributed by atoms with Gasteiger partial charge in [0.15, 0.2) is 0 Å². The molecule has 1 rings (SSSR count). The summed E-state index contributed by atoms with van der Waals surface area (Å²) in [5.41, 5.74) is 1.08. The highest BCUT2D eigenvalue weighted by Gasteiger charge is 2.06. The summed E-state index contributed by atoms with van der Waals surface area (Å²) >= 11 is 1.62. The van der Waals surface area contributed by atoms with Crippen molar-refractivity contribution in [2.75, 3.05) is 6.26 Å². The molecule has 0 spiro atoms. The summed E-state index contributed by atoms with van der Waals surface area (Å²) in [7, 11) is 0. The second-order valence-electron chi connectivity index (χ2n) is 3.44. The number of ether oxygens (including phenoxy) is 1. The lowest BCUT2D eigenvalue weighted by atomic mass is 10.0. The molecule has 0 saturated carbocycles. The summed E-state index contributed by atoms with van der Waals surface area (Å²) in [6, 6.07) is 5.78. The molecule has 0 fully saturated rings. The van der Waals surface area contributed by atoms with Crippen molar-refractivity contribution in [3.8, 4) is 5.75 Å². The molecule has 0 aliphatic carbocycles. The highest BCUT2D eigenvalue weighted by atomic mass is 32.2. The molecule has 0 aliphatic heterocycles. The third kappa shape index (κ3) is 3.59. The SMILES string of the molecule is [CH2]C(C)c1cc(OC(C)=O)cc(SC)c1. The third-order valence-corrected chi connectivity index (χ3v) is 2.68. The molecular weight excluding hydrogens is 208 g/mol. The lowest BCUT2D eigenvalue weighted by molar-refractivity contribution is -0.131. The summed E-state index contributed by atoms with van der Waals surface area (Å²) in [5.74, 6) is 0.488. The molecule has 0 aromatic heterocycles. The van der Waals surface area contributed by atoms with Crippen LogP contribution in [0.4, 0.5) is 0 Å². The van der Waals surface area contributed by atoms with E-state index in [0.717, 1.165) is 10.5 Å². The van der Waals surface area contributed by atoms with Crippen molar-refractivity contribution in [3.63, 3.8) is 0 Å². The zero-order chi connectivity index (χ0) is 11.4. The van der Waals surface area contributed by atoms with Gasteiger partial charge in [-0.25, -0.2) is 0 Å². The molecule has 1 atom stereocenters. The predicted molar refractivity (Wildman–Crippen MR) is 63.3 cm³/mol. The number of rotatable bonds is 3. The molecule has 0 aliphatic rings. The summed E-state index contributed by atoms with van der Waals surface area (Å²) in [5, 5.41) is 0. The number of hydrogen-bond donors (Lipinski definition) is 0. The topological polar surface area (TPSA) is 26.3 Å². The van der Waals surface area contributed by atoms with E-state index in [4.69, 9.17) is 4.74 Å².